The second-order valence-electron chi connectivity index (χ2n) is 29.3. The standard InChI is InChI=1S/C32H39N7O8.2C28H34N6O5/c33-22(16-27(40)41)29(44)35-14-6-11-25(38-30(45)23(34)17-28(42)43)32(47)39-26(13-12-19-7-2-1-3-8-19)31(46)37-21-15-20-9-4-5-10-24(20)36-18-21;29-21(10-6-14-31-26(37)22(30)16-25(35)36)27(38)34-24(13-12-18-7-2-1-3-8-18)28(39)33-20-15-19-9-4-5-11-23(19)32-17-20;29-14-6-11-23(33-26(37)21(30)16-25(35)36)28(39)34-24(13-12-18-7-2-1-3-8-18)27(38)32-20-15-19-9-4-5-10-22(19)31-17-20/h1-5,7-10,15,18,22-23,25-26H,6,11-14,16-17,33-34H2,(H,35,44)(H,37,46)(H,38,45)(H,39,47)(H,40,41)(H,42,43);1-5,7-9,11,15,17,21-22,24H,6,10,12-14,16,29-30H2,(H,31,37)(H,33,39)(H,34,38)(H,35,36);1-5,7-10,15,17,21,23-24H,6,11-14,16,29-30H2,(H,32,38)(H,33,37)(H,34,39)(H,35,36)/t22-,23-,25-,26+;21-,22-,24+;21-,23-,24+/m000/s1. The van der Waals surface area contributed by atoms with Crippen LogP contribution in [-0.2, 0) is 86.4 Å². The van der Waals surface area contributed by atoms with Gasteiger partial charge in [0.1, 0.15) is 30.2 Å². The van der Waals surface area contributed by atoms with E-state index >= 15 is 0 Å². The molecule has 3 heterocycles. The van der Waals surface area contributed by atoms with Crippen molar-refractivity contribution < 1.29 is 87.5 Å². The Morgan fingerprint density at radius 3 is 0.848 bits per heavy atom. The third-order valence-electron chi connectivity index (χ3n) is 19.4. The number of rotatable bonds is 46. The van der Waals surface area contributed by atoms with Gasteiger partial charge in [-0.1, -0.05) is 146 Å². The average Bonchev–Trinajstić information content (AvgIpc) is 0.842. The van der Waals surface area contributed by atoms with Crippen molar-refractivity contribution >= 4 is 133 Å². The molecule has 0 saturated heterocycles. The quantitative estimate of drug-likeness (QED) is 0.0244. The summed E-state index contributed by atoms with van der Waals surface area (Å²) in [4.78, 5) is 185. The van der Waals surface area contributed by atoms with Gasteiger partial charge in [-0.15, -0.1) is 0 Å². The number of hydrogen-bond acceptors (Lipinski definition) is 23. The van der Waals surface area contributed by atoms with Crippen molar-refractivity contribution in [2.24, 2.45) is 34.4 Å². The van der Waals surface area contributed by atoms with Crippen LogP contribution < -0.4 is 87.6 Å². The first-order valence-electron chi connectivity index (χ1n) is 40.4. The number of amides is 10. The van der Waals surface area contributed by atoms with E-state index in [9.17, 15) is 67.1 Å². The number of carbonyl (C=O) groups is 14. The molecule has 662 valence electrons. The number of aromatic nitrogens is 3. The maximum Gasteiger partial charge on any atom is 0.305 e. The molecule has 26 N–H and O–H groups in total. The number of carboxylic acids is 4. The molecule has 0 aliphatic heterocycles. The zero-order valence-electron chi connectivity index (χ0n) is 68.6. The van der Waals surface area contributed by atoms with Crippen LogP contribution in [0.15, 0.2) is 201 Å². The zero-order chi connectivity index (χ0) is 90.7. The van der Waals surface area contributed by atoms with Crippen molar-refractivity contribution in [2.75, 3.05) is 35.6 Å². The molecular formula is C88H107N19O18. The van der Waals surface area contributed by atoms with Crippen LogP contribution >= 0.6 is 0 Å². The molecule has 0 aliphatic rings. The van der Waals surface area contributed by atoms with Crippen molar-refractivity contribution in [3.8, 4) is 0 Å². The Hall–Kier alpha value is -14.1. The third-order valence-corrected chi connectivity index (χ3v) is 19.4. The van der Waals surface area contributed by atoms with Crippen LogP contribution in [-0.4, -0.2) is 198 Å². The summed E-state index contributed by atoms with van der Waals surface area (Å²) in [5, 5.41) is 64.7. The topological polar surface area (TPSA) is 635 Å². The highest BCUT2D eigenvalue weighted by Gasteiger charge is 2.33. The van der Waals surface area contributed by atoms with Crippen LogP contribution in [0.4, 0.5) is 17.1 Å². The minimum Gasteiger partial charge on any atom is -0.481 e. The fourth-order valence-corrected chi connectivity index (χ4v) is 12.6. The molecule has 10 atom stereocenters. The summed E-state index contributed by atoms with van der Waals surface area (Å²) in [6, 6.07) is 45.0. The lowest BCUT2D eigenvalue weighted by Gasteiger charge is -2.24. The summed E-state index contributed by atoms with van der Waals surface area (Å²) in [5.74, 6) is -11.1. The number of nitrogens with two attached hydrogens (primary N) is 6. The minimum atomic E-state index is -1.45. The van der Waals surface area contributed by atoms with Gasteiger partial charge in [0.2, 0.25) is 59.1 Å². The number of pyridine rings is 3. The lowest BCUT2D eigenvalue weighted by Crippen LogP contribution is -2.55. The SMILES string of the molecule is NCCC[C@H](NC(=O)[C@@H](N)CC(=O)O)C(=O)N[C@H](CCc1ccccc1)C(=O)Nc1cnc2ccccc2c1.N[C@@H](CC(=O)O)C(=O)NCCC[C@H](N)C(=O)N[C@H](CCc1ccccc1)C(=O)Nc1cnc2ccccc2c1.N[C@@H](CC(=O)O)C(=O)NCCC[C@H](NC(=O)[C@@H](N)CC(=O)O)C(=O)N[C@H](CCc1ccccc1)C(=O)Nc1cnc2ccccc2c1. The normalized spacial score (nSPS) is 13.3. The van der Waals surface area contributed by atoms with Gasteiger partial charge < -0.3 is 108 Å². The monoisotopic (exact) mass is 1720 g/mol. The highest BCUT2D eigenvalue weighted by Crippen LogP contribution is 2.22. The molecule has 0 fully saturated rings. The van der Waals surface area contributed by atoms with E-state index in [1.54, 1.807) is 24.5 Å². The summed E-state index contributed by atoms with van der Waals surface area (Å²) in [6.07, 6.45) is 5.92. The minimum absolute atomic E-state index is 0.0140. The van der Waals surface area contributed by atoms with Crippen LogP contribution in [0.25, 0.3) is 32.7 Å². The number of aliphatic carboxylic acids is 4. The van der Waals surface area contributed by atoms with Crippen LogP contribution in [0.2, 0.25) is 0 Å². The molecular weight excluding hydrogens is 1610 g/mol. The molecule has 0 bridgehead atoms. The van der Waals surface area contributed by atoms with Crippen LogP contribution in [0.1, 0.15) is 100 Å². The maximum absolute atomic E-state index is 13.6. The summed E-state index contributed by atoms with van der Waals surface area (Å²) < 4.78 is 0. The van der Waals surface area contributed by atoms with Crippen molar-refractivity contribution in [3.63, 3.8) is 0 Å². The van der Waals surface area contributed by atoms with E-state index in [-0.39, 0.29) is 57.6 Å². The van der Waals surface area contributed by atoms with E-state index in [2.05, 4.69) is 68.1 Å². The van der Waals surface area contributed by atoms with Gasteiger partial charge in [-0.2, -0.15) is 0 Å². The van der Waals surface area contributed by atoms with Crippen molar-refractivity contribution in [1.82, 2.24) is 52.2 Å². The second kappa shape index (κ2) is 51.6. The zero-order valence-corrected chi connectivity index (χ0v) is 68.6. The fourth-order valence-electron chi connectivity index (χ4n) is 12.6. The second-order valence-corrected chi connectivity index (χ2v) is 29.3. The first-order chi connectivity index (χ1) is 59.9. The Morgan fingerprint density at radius 2 is 0.544 bits per heavy atom. The third kappa shape index (κ3) is 35.1. The van der Waals surface area contributed by atoms with Gasteiger partial charge in [0.25, 0.3) is 0 Å². The molecule has 37 heteroatoms. The molecule has 37 nitrogen and oxygen atoms in total. The van der Waals surface area contributed by atoms with E-state index < -0.39 is 163 Å². The summed E-state index contributed by atoms with van der Waals surface area (Å²) >= 11 is 0. The molecule has 9 rings (SSSR count). The Kier molecular flexibility index (Phi) is 40.5. The average molecular weight is 1720 g/mol. The molecule has 0 spiro atoms. The smallest absolute Gasteiger partial charge is 0.305 e. The van der Waals surface area contributed by atoms with Crippen LogP contribution in [0.3, 0.4) is 0 Å². The van der Waals surface area contributed by atoms with Gasteiger partial charge >= 0.3 is 23.9 Å². The number of aryl methyl sites for hydroxylation is 3. The fraction of sp³-hybridized carbons (Fsp3) is 0.330. The number of hydrogen-bond donors (Lipinski definition) is 20. The number of para-hydroxylation sites is 3. The molecule has 0 radical (unpaired) electrons. The number of anilines is 3. The predicted octanol–water partition coefficient (Wildman–Crippen LogP) is 2.91. The summed E-state index contributed by atoms with van der Waals surface area (Å²) in [7, 11) is 0. The first kappa shape index (κ1) is 98.0. The predicted molar refractivity (Wildman–Crippen MR) is 467 cm³/mol. The van der Waals surface area contributed by atoms with Crippen molar-refractivity contribution in [1.29, 1.82) is 0 Å². The molecule has 9 aromatic rings. The van der Waals surface area contributed by atoms with Gasteiger partial charge in [-0.3, -0.25) is 82.1 Å². The number of fused-ring (bicyclic) bond motifs is 3. The van der Waals surface area contributed by atoms with Gasteiger partial charge in [0.05, 0.1) is 108 Å². The van der Waals surface area contributed by atoms with E-state index in [0.29, 0.717) is 62.0 Å². The number of carbonyl (C=O) groups excluding carboxylic acids is 10. The molecule has 6 aromatic carbocycles. The lowest BCUT2D eigenvalue weighted by molar-refractivity contribution is -0.140. The number of carboxylic acid groups (broad SMARTS) is 4. The molecule has 10 amide bonds. The first-order valence-corrected chi connectivity index (χ1v) is 40.4. The van der Waals surface area contributed by atoms with E-state index in [1.165, 1.54) is 6.20 Å². The van der Waals surface area contributed by atoms with E-state index in [0.717, 1.165) is 49.4 Å². The largest absolute Gasteiger partial charge is 0.481 e. The van der Waals surface area contributed by atoms with E-state index in [4.69, 9.17) is 54.8 Å². The van der Waals surface area contributed by atoms with Crippen molar-refractivity contribution in [3.05, 3.63) is 217 Å². The van der Waals surface area contributed by atoms with Gasteiger partial charge in [-0.05, 0) is 137 Å². The number of nitrogens with one attached hydrogen (secondary N) is 10. The Bertz CT molecular complexity index is 5140. The summed E-state index contributed by atoms with van der Waals surface area (Å²) in [6.45, 7) is 0.438. The van der Waals surface area contributed by atoms with Crippen LogP contribution in [0, 0.1) is 0 Å². The Labute approximate surface area is 719 Å². The molecule has 0 aliphatic carbocycles. The summed E-state index contributed by atoms with van der Waals surface area (Å²) in [5.41, 5.74) is 40.8. The van der Waals surface area contributed by atoms with Gasteiger partial charge in [0.15, 0.2) is 0 Å². The maximum atomic E-state index is 13.6. The van der Waals surface area contributed by atoms with E-state index in [1.807, 2.05) is 170 Å². The molecule has 0 unspecified atom stereocenters. The molecule has 125 heavy (non-hydrogen) atoms. The Balaban J connectivity index is 0.000000259. The highest BCUT2D eigenvalue weighted by atomic mass is 16.4. The van der Waals surface area contributed by atoms with Gasteiger partial charge in [0, 0.05) is 29.2 Å². The number of benzene rings is 6. The Morgan fingerprint density at radius 1 is 0.288 bits per heavy atom. The highest BCUT2D eigenvalue weighted by molar-refractivity contribution is 6.02. The van der Waals surface area contributed by atoms with Crippen molar-refractivity contribution in [2.45, 2.75) is 163 Å². The van der Waals surface area contributed by atoms with Gasteiger partial charge in [-0.25, -0.2) is 0 Å². The lowest BCUT2D eigenvalue weighted by atomic mass is 10.0. The van der Waals surface area contributed by atoms with Crippen LogP contribution in [0.5, 0.6) is 0 Å². The number of nitrogens with zero attached hydrogens (tertiary/aromatic N) is 3. The molecule has 3 aromatic heterocycles. The molecule has 0 saturated carbocycles.